The number of nitrogens with one attached hydrogen (secondary N) is 1. The highest BCUT2D eigenvalue weighted by atomic mass is 32.2. The quantitative estimate of drug-likeness (QED) is 0.882. The first-order valence-electron chi connectivity index (χ1n) is 6.52. The number of rotatable bonds is 4. The Bertz CT molecular complexity index is 372. The first-order chi connectivity index (χ1) is 8.42. The standard InChI is InChI=1S/C14H19NOS/c1-2-6-12(5-1)17-14-8-4-3-7-13(14)15-11-9-16-10-11/h3-4,7-8,11-12,15H,1-2,5-6,9-10H2. The molecule has 2 nitrogen and oxygen atoms in total. The number of para-hydroxylation sites is 1. The molecular weight excluding hydrogens is 230 g/mol. The topological polar surface area (TPSA) is 21.3 Å². The van der Waals surface area contributed by atoms with Gasteiger partial charge in [0.15, 0.2) is 0 Å². The summed E-state index contributed by atoms with van der Waals surface area (Å²) < 4.78 is 5.21. The summed E-state index contributed by atoms with van der Waals surface area (Å²) in [5, 5.41) is 4.40. The molecule has 1 heterocycles. The van der Waals surface area contributed by atoms with Gasteiger partial charge in [-0.3, -0.25) is 0 Å². The summed E-state index contributed by atoms with van der Waals surface area (Å²) in [6.45, 7) is 1.70. The Labute approximate surface area is 107 Å². The van der Waals surface area contributed by atoms with E-state index in [0.29, 0.717) is 6.04 Å². The molecule has 92 valence electrons. The van der Waals surface area contributed by atoms with E-state index in [2.05, 4.69) is 41.3 Å². The van der Waals surface area contributed by atoms with E-state index < -0.39 is 0 Å². The van der Waals surface area contributed by atoms with Crippen molar-refractivity contribution in [2.24, 2.45) is 0 Å². The molecule has 0 spiro atoms. The van der Waals surface area contributed by atoms with Crippen molar-refractivity contribution < 1.29 is 4.74 Å². The molecule has 1 saturated heterocycles. The minimum Gasteiger partial charge on any atom is -0.377 e. The van der Waals surface area contributed by atoms with Gasteiger partial charge in [0.05, 0.1) is 19.3 Å². The van der Waals surface area contributed by atoms with Crippen molar-refractivity contribution in [3.05, 3.63) is 24.3 Å². The smallest absolute Gasteiger partial charge is 0.0729 e. The Balaban J connectivity index is 1.68. The van der Waals surface area contributed by atoms with E-state index in [4.69, 9.17) is 4.74 Å². The van der Waals surface area contributed by atoms with E-state index in [9.17, 15) is 0 Å². The van der Waals surface area contributed by atoms with Crippen LogP contribution in [0.4, 0.5) is 5.69 Å². The second-order valence-corrected chi connectivity index (χ2v) is 6.24. The summed E-state index contributed by atoms with van der Waals surface area (Å²) >= 11 is 2.05. The molecule has 3 rings (SSSR count). The predicted octanol–water partition coefficient (Wildman–Crippen LogP) is 3.53. The van der Waals surface area contributed by atoms with Crippen LogP contribution in [0.3, 0.4) is 0 Å². The zero-order chi connectivity index (χ0) is 11.5. The third-order valence-corrected chi connectivity index (χ3v) is 4.90. The van der Waals surface area contributed by atoms with Crippen LogP contribution in [0.5, 0.6) is 0 Å². The lowest BCUT2D eigenvalue weighted by Crippen LogP contribution is -2.40. The summed E-state index contributed by atoms with van der Waals surface area (Å²) in [5.74, 6) is 0. The largest absolute Gasteiger partial charge is 0.377 e. The van der Waals surface area contributed by atoms with Crippen molar-refractivity contribution in [1.29, 1.82) is 0 Å². The van der Waals surface area contributed by atoms with Gasteiger partial charge in [0.25, 0.3) is 0 Å². The van der Waals surface area contributed by atoms with Crippen LogP contribution in [0.2, 0.25) is 0 Å². The number of hydrogen-bond acceptors (Lipinski definition) is 3. The van der Waals surface area contributed by atoms with Crippen molar-refractivity contribution in [1.82, 2.24) is 0 Å². The predicted molar refractivity (Wildman–Crippen MR) is 72.8 cm³/mol. The van der Waals surface area contributed by atoms with E-state index in [1.165, 1.54) is 36.3 Å². The van der Waals surface area contributed by atoms with Gasteiger partial charge in [-0.25, -0.2) is 0 Å². The first-order valence-corrected chi connectivity index (χ1v) is 7.40. The average molecular weight is 249 g/mol. The average Bonchev–Trinajstić information content (AvgIpc) is 2.78. The number of hydrogen-bond donors (Lipinski definition) is 1. The fourth-order valence-corrected chi connectivity index (χ4v) is 3.75. The molecule has 2 fully saturated rings. The Kier molecular flexibility index (Phi) is 3.57. The summed E-state index contributed by atoms with van der Waals surface area (Å²) in [4.78, 5) is 1.41. The van der Waals surface area contributed by atoms with Crippen LogP contribution in [0, 0.1) is 0 Å². The lowest BCUT2D eigenvalue weighted by molar-refractivity contribution is 0.0210. The molecule has 1 aromatic carbocycles. The van der Waals surface area contributed by atoms with Crippen molar-refractivity contribution in [3.63, 3.8) is 0 Å². The SMILES string of the molecule is c1ccc(SC2CCCC2)c(NC2COC2)c1. The molecule has 1 aliphatic heterocycles. The molecule has 0 radical (unpaired) electrons. The van der Waals surface area contributed by atoms with Crippen LogP contribution in [0.1, 0.15) is 25.7 Å². The Hall–Kier alpha value is -0.670. The Morgan fingerprint density at radius 1 is 1.12 bits per heavy atom. The van der Waals surface area contributed by atoms with Crippen LogP contribution >= 0.6 is 11.8 Å². The van der Waals surface area contributed by atoms with Gasteiger partial charge in [0.1, 0.15) is 0 Å². The van der Waals surface area contributed by atoms with Crippen molar-refractivity contribution in [2.45, 2.75) is 41.9 Å². The van der Waals surface area contributed by atoms with Crippen LogP contribution in [-0.2, 0) is 4.74 Å². The summed E-state index contributed by atoms with van der Waals surface area (Å²) in [6, 6.07) is 9.20. The molecule has 1 aromatic rings. The summed E-state index contributed by atoms with van der Waals surface area (Å²) in [5.41, 5.74) is 1.29. The molecule has 0 bridgehead atoms. The molecule has 1 saturated carbocycles. The molecule has 2 aliphatic rings. The minimum absolute atomic E-state index is 0.514. The van der Waals surface area contributed by atoms with Gasteiger partial charge in [-0.1, -0.05) is 25.0 Å². The summed E-state index contributed by atoms with van der Waals surface area (Å²) in [7, 11) is 0. The molecule has 17 heavy (non-hydrogen) atoms. The molecule has 0 amide bonds. The Morgan fingerprint density at radius 2 is 1.88 bits per heavy atom. The van der Waals surface area contributed by atoms with E-state index in [-0.39, 0.29) is 0 Å². The molecule has 1 N–H and O–H groups in total. The van der Waals surface area contributed by atoms with Gasteiger partial charge >= 0.3 is 0 Å². The van der Waals surface area contributed by atoms with Gasteiger partial charge in [-0.05, 0) is 25.0 Å². The number of anilines is 1. The zero-order valence-corrected chi connectivity index (χ0v) is 10.8. The van der Waals surface area contributed by atoms with Crippen molar-refractivity contribution in [2.75, 3.05) is 18.5 Å². The lowest BCUT2D eigenvalue weighted by atomic mass is 10.2. The molecule has 0 unspecified atom stereocenters. The maximum absolute atomic E-state index is 5.21. The molecule has 0 atom stereocenters. The van der Waals surface area contributed by atoms with Crippen LogP contribution in [-0.4, -0.2) is 24.5 Å². The van der Waals surface area contributed by atoms with E-state index in [1.54, 1.807) is 0 Å². The van der Waals surface area contributed by atoms with Crippen LogP contribution < -0.4 is 5.32 Å². The fourth-order valence-electron chi connectivity index (χ4n) is 2.41. The van der Waals surface area contributed by atoms with Gasteiger partial charge in [-0.15, -0.1) is 11.8 Å². The highest BCUT2D eigenvalue weighted by Crippen LogP contribution is 2.38. The highest BCUT2D eigenvalue weighted by Gasteiger charge is 2.21. The Morgan fingerprint density at radius 3 is 2.59 bits per heavy atom. The lowest BCUT2D eigenvalue weighted by Gasteiger charge is -2.29. The van der Waals surface area contributed by atoms with Crippen LogP contribution in [0.25, 0.3) is 0 Å². The van der Waals surface area contributed by atoms with Crippen molar-refractivity contribution in [3.8, 4) is 0 Å². The normalized spacial score (nSPS) is 21.4. The maximum atomic E-state index is 5.21. The van der Waals surface area contributed by atoms with E-state index in [0.717, 1.165) is 18.5 Å². The van der Waals surface area contributed by atoms with Crippen LogP contribution in [0.15, 0.2) is 29.2 Å². The van der Waals surface area contributed by atoms with Gasteiger partial charge in [0, 0.05) is 15.8 Å². The fraction of sp³-hybridized carbons (Fsp3) is 0.571. The van der Waals surface area contributed by atoms with Gasteiger partial charge in [0.2, 0.25) is 0 Å². The second-order valence-electron chi connectivity index (χ2n) is 4.90. The molecule has 0 aromatic heterocycles. The number of thioether (sulfide) groups is 1. The minimum atomic E-state index is 0.514. The van der Waals surface area contributed by atoms with E-state index in [1.807, 2.05) is 0 Å². The highest BCUT2D eigenvalue weighted by molar-refractivity contribution is 8.00. The number of benzene rings is 1. The van der Waals surface area contributed by atoms with E-state index >= 15 is 0 Å². The zero-order valence-electron chi connectivity index (χ0n) is 10.0. The molecule has 1 aliphatic carbocycles. The maximum Gasteiger partial charge on any atom is 0.0729 e. The summed E-state index contributed by atoms with van der Waals surface area (Å²) in [6.07, 6.45) is 5.57. The first kappa shape index (κ1) is 11.4. The monoisotopic (exact) mass is 249 g/mol. The van der Waals surface area contributed by atoms with Gasteiger partial charge in [-0.2, -0.15) is 0 Å². The van der Waals surface area contributed by atoms with Crippen molar-refractivity contribution >= 4 is 17.4 Å². The number of ether oxygens (including phenoxy) is 1. The molecule has 3 heteroatoms. The van der Waals surface area contributed by atoms with Gasteiger partial charge < -0.3 is 10.1 Å². The third-order valence-electron chi connectivity index (χ3n) is 3.48. The second kappa shape index (κ2) is 5.32. The third kappa shape index (κ3) is 2.78. The molecular formula is C14H19NOS.